The van der Waals surface area contributed by atoms with E-state index in [1.807, 2.05) is 11.0 Å². The van der Waals surface area contributed by atoms with Crippen molar-refractivity contribution < 1.29 is 4.79 Å². The third-order valence-corrected chi connectivity index (χ3v) is 2.19. The Morgan fingerprint density at radius 3 is 2.56 bits per heavy atom. The lowest BCUT2D eigenvalue weighted by Crippen LogP contribution is -2.36. The second-order valence-corrected chi connectivity index (χ2v) is 3.66. The first-order valence-electron chi connectivity index (χ1n) is 5.73. The summed E-state index contributed by atoms with van der Waals surface area (Å²) in [5.74, 6) is 0. The summed E-state index contributed by atoms with van der Waals surface area (Å²) in [5.41, 5.74) is 0.740. The summed E-state index contributed by atoms with van der Waals surface area (Å²) in [5, 5.41) is 2.84. The Labute approximate surface area is 96.7 Å². The molecule has 0 unspecified atom stereocenters. The SMILES string of the molecule is CCCN(CCC)C(=O)Nc1cccnc1. The molecule has 1 aromatic rings. The van der Waals surface area contributed by atoms with Gasteiger partial charge in [0.1, 0.15) is 0 Å². The maximum atomic E-state index is 11.9. The van der Waals surface area contributed by atoms with Gasteiger partial charge in [-0.05, 0) is 25.0 Å². The van der Waals surface area contributed by atoms with E-state index in [0.29, 0.717) is 0 Å². The Hall–Kier alpha value is -1.58. The summed E-state index contributed by atoms with van der Waals surface area (Å²) in [6.45, 7) is 5.72. The smallest absolute Gasteiger partial charge is 0.321 e. The Bertz CT molecular complexity index is 307. The first-order valence-corrected chi connectivity index (χ1v) is 5.73. The van der Waals surface area contributed by atoms with Crippen molar-refractivity contribution in [2.45, 2.75) is 26.7 Å². The molecule has 0 atom stereocenters. The summed E-state index contributed by atoms with van der Waals surface area (Å²) in [4.78, 5) is 17.7. The summed E-state index contributed by atoms with van der Waals surface area (Å²) in [6, 6.07) is 3.59. The monoisotopic (exact) mass is 221 g/mol. The molecule has 0 saturated carbocycles. The van der Waals surface area contributed by atoms with Crippen LogP contribution in [0.25, 0.3) is 0 Å². The second-order valence-electron chi connectivity index (χ2n) is 3.66. The number of hydrogen-bond donors (Lipinski definition) is 1. The minimum Gasteiger partial charge on any atom is -0.325 e. The van der Waals surface area contributed by atoms with Crippen LogP contribution in [0.5, 0.6) is 0 Å². The van der Waals surface area contributed by atoms with Gasteiger partial charge in [0.2, 0.25) is 0 Å². The van der Waals surface area contributed by atoms with Crippen LogP contribution in [0.2, 0.25) is 0 Å². The lowest BCUT2D eigenvalue weighted by Gasteiger charge is -2.21. The van der Waals surface area contributed by atoms with Crippen molar-refractivity contribution in [3.05, 3.63) is 24.5 Å². The van der Waals surface area contributed by atoms with Gasteiger partial charge in [-0.1, -0.05) is 13.8 Å². The van der Waals surface area contributed by atoms with E-state index in [4.69, 9.17) is 0 Å². The summed E-state index contributed by atoms with van der Waals surface area (Å²) in [6.07, 6.45) is 5.28. The molecule has 16 heavy (non-hydrogen) atoms. The van der Waals surface area contributed by atoms with Crippen LogP contribution in [0.15, 0.2) is 24.5 Å². The zero-order valence-corrected chi connectivity index (χ0v) is 9.94. The third kappa shape index (κ3) is 3.88. The molecule has 0 aliphatic rings. The zero-order valence-electron chi connectivity index (χ0n) is 9.94. The van der Waals surface area contributed by atoms with Crippen LogP contribution in [0.3, 0.4) is 0 Å². The molecule has 2 amide bonds. The van der Waals surface area contributed by atoms with Gasteiger partial charge in [0.15, 0.2) is 0 Å². The quantitative estimate of drug-likeness (QED) is 0.831. The molecule has 4 nitrogen and oxygen atoms in total. The number of hydrogen-bond acceptors (Lipinski definition) is 2. The van der Waals surface area contributed by atoms with Crippen molar-refractivity contribution >= 4 is 11.7 Å². The molecule has 4 heteroatoms. The van der Waals surface area contributed by atoms with Gasteiger partial charge < -0.3 is 10.2 Å². The molecule has 1 N–H and O–H groups in total. The number of amides is 2. The van der Waals surface area contributed by atoms with Gasteiger partial charge >= 0.3 is 6.03 Å². The minimum absolute atomic E-state index is 0.0447. The molecule has 0 fully saturated rings. The van der Waals surface area contributed by atoms with Crippen LogP contribution < -0.4 is 5.32 Å². The fraction of sp³-hybridized carbons (Fsp3) is 0.500. The summed E-state index contributed by atoms with van der Waals surface area (Å²) < 4.78 is 0. The zero-order chi connectivity index (χ0) is 11.8. The van der Waals surface area contributed by atoms with Crippen LogP contribution in [-0.2, 0) is 0 Å². The maximum absolute atomic E-state index is 11.9. The molecule has 88 valence electrons. The van der Waals surface area contributed by atoms with Crippen molar-refractivity contribution in [3.63, 3.8) is 0 Å². The van der Waals surface area contributed by atoms with E-state index in [1.165, 1.54) is 0 Å². The van der Waals surface area contributed by atoms with E-state index in [1.54, 1.807) is 18.5 Å². The van der Waals surface area contributed by atoms with Crippen molar-refractivity contribution in [2.75, 3.05) is 18.4 Å². The van der Waals surface area contributed by atoms with Crippen LogP contribution in [0, 0.1) is 0 Å². The second kappa shape index (κ2) is 6.82. The molecule has 1 heterocycles. The van der Waals surface area contributed by atoms with Gasteiger partial charge in [-0.15, -0.1) is 0 Å². The van der Waals surface area contributed by atoms with Gasteiger partial charge in [-0.25, -0.2) is 4.79 Å². The number of urea groups is 1. The molecule has 1 aromatic heterocycles. The fourth-order valence-electron chi connectivity index (χ4n) is 1.49. The molecule has 0 aliphatic carbocycles. The van der Waals surface area contributed by atoms with E-state index in [9.17, 15) is 4.79 Å². The Kier molecular flexibility index (Phi) is 5.32. The highest BCUT2D eigenvalue weighted by Crippen LogP contribution is 2.05. The highest BCUT2D eigenvalue weighted by Gasteiger charge is 2.11. The number of pyridine rings is 1. The van der Waals surface area contributed by atoms with E-state index >= 15 is 0 Å². The highest BCUT2D eigenvalue weighted by atomic mass is 16.2. The van der Waals surface area contributed by atoms with Gasteiger partial charge in [-0.2, -0.15) is 0 Å². The van der Waals surface area contributed by atoms with E-state index < -0.39 is 0 Å². The van der Waals surface area contributed by atoms with Gasteiger partial charge in [0, 0.05) is 19.3 Å². The van der Waals surface area contributed by atoms with E-state index in [2.05, 4.69) is 24.1 Å². The van der Waals surface area contributed by atoms with Gasteiger partial charge in [0.05, 0.1) is 11.9 Å². The first-order chi connectivity index (χ1) is 7.77. The first kappa shape index (κ1) is 12.5. The largest absolute Gasteiger partial charge is 0.325 e. The standard InChI is InChI=1S/C12H19N3O/c1-3-8-15(9-4-2)12(16)14-11-6-5-7-13-10-11/h5-7,10H,3-4,8-9H2,1-2H3,(H,14,16). The average Bonchev–Trinajstić information content (AvgIpc) is 2.30. The number of aromatic nitrogens is 1. The topological polar surface area (TPSA) is 45.2 Å². The van der Waals surface area contributed by atoms with Crippen molar-refractivity contribution in [2.24, 2.45) is 0 Å². The summed E-state index contributed by atoms with van der Waals surface area (Å²) in [7, 11) is 0. The summed E-state index contributed by atoms with van der Waals surface area (Å²) >= 11 is 0. The van der Waals surface area contributed by atoms with Gasteiger partial charge in [-0.3, -0.25) is 4.98 Å². The highest BCUT2D eigenvalue weighted by molar-refractivity contribution is 5.89. The normalized spacial score (nSPS) is 9.88. The molecule has 0 spiro atoms. The molecule has 0 aromatic carbocycles. The van der Waals surface area contributed by atoms with Crippen LogP contribution in [0.1, 0.15) is 26.7 Å². The van der Waals surface area contributed by atoms with Crippen LogP contribution >= 0.6 is 0 Å². The molecule has 0 saturated heterocycles. The molecular formula is C12H19N3O. The molecule has 0 aliphatic heterocycles. The number of nitrogens with one attached hydrogen (secondary N) is 1. The molecule has 0 bridgehead atoms. The van der Waals surface area contributed by atoms with Crippen LogP contribution in [0.4, 0.5) is 10.5 Å². The van der Waals surface area contributed by atoms with Gasteiger partial charge in [0.25, 0.3) is 0 Å². The van der Waals surface area contributed by atoms with Crippen molar-refractivity contribution in [1.29, 1.82) is 0 Å². The predicted molar refractivity (Wildman–Crippen MR) is 65.4 cm³/mol. The minimum atomic E-state index is -0.0447. The Balaban J connectivity index is 2.55. The van der Waals surface area contributed by atoms with Crippen molar-refractivity contribution in [1.82, 2.24) is 9.88 Å². The molecule has 1 rings (SSSR count). The van der Waals surface area contributed by atoms with Crippen molar-refractivity contribution in [3.8, 4) is 0 Å². The number of nitrogens with zero attached hydrogens (tertiary/aromatic N) is 2. The average molecular weight is 221 g/mol. The number of carbonyl (C=O) groups excluding carboxylic acids is 1. The molecule has 0 radical (unpaired) electrons. The number of carbonyl (C=O) groups is 1. The Morgan fingerprint density at radius 1 is 1.38 bits per heavy atom. The van der Waals surface area contributed by atoms with E-state index in [0.717, 1.165) is 31.6 Å². The number of anilines is 1. The lowest BCUT2D eigenvalue weighted by atomic mass is 10.3. The Morgan fingerprint density at radius 2 is 2.06 bits per heavy atom. The molecular weight excluding hydrogens is 202 g/mol. The number of rotatable bonds is 5. The maximum Gasteiger partial charge on any atom is 0.321 e. The van der Waals surface area contributed by atoms with Crippen LogP contribution in [-0.4, -0.2) is 29.0 Å². The predicted octanol–water partition coefficient (Wildman–Crippen LogP) is 2.74. The van der Waals surface area contributed by atoms with E-state index in [-0.39, 0.29) is 6.03 Å². The third-order valence-electron chi connectivity index (χ3n) is 2.19. The lowest BCUT2D eigenvalue weighted by molar-refractivity contribution is 0.211. The fourth-order valence-corrected chi connectivity index (χ4v) is 1.49.